The van der Waals surface area contributed by atoms with Crippen molar-refractivity contribution in [3.63, 3.8) is 0 Å². The molecule has 1 saturated carbocycles. The van der Waals surface area contributed by atoms with Gasteiger partial charge in [0.25, 0.3) is 10.2 Å². The molecule has 5 rings (SSSR count). The molecular weight excluding hydrogens is 366 g/mol. The standard InChI is InChI=1S/C17H23N7O2S/c1-2-11-9-23(27(25,26)22-12-4-3-5-12)10-13(11)17-21-20-15-8-19-16-14(24(15)17)6-7-18-16/h6-8,11-13,18,22H,2-5,9-10H2,1H3/t11-,13+/m0/s1. The Morgan fingerprint density at radius 3 is 2.89 bits per heavy atom. The number of nitrogens with one attached hydrogen (secondary N) is 2. The number of nitrogens with zero attached hydrogens (tertiary/aromatic N) is 5. The highest BCUT2D eigenvalue weighted by Gasteiger charge is 2.41. The summed E-state index contributed by atoms with van der Waals surface area (Å²) in [4.78, 5) is 7.46. The Balaban J connectivity index is 1.51. The summed E-state index contributed by atoms with van der Waals surface area (Å²) in [7, 11) is -3.46. The summed E-state index contributed by atoms with van der Waals surface area (Å²) in [5.41, 5.74) is 2.36. The van der Waals surface area contributed by atoms with Crippen LogP contribution in [0.4, 0.5) is 0 Å². The van der Waals surface area contributed by atoms with Crippen molar-refractivity contribution in [1.29, 1.82) is 0 Å². The van der Waals surface area contributed by atoms with Gasteiger partial charge in [0.05, 0.1) is 11.7 Å². The minimum absolute atomic E-state index is 0.00321. The number of fused-ring (bicyclic) bond motifs is 3. The van der Waals surface area contributed by atoms with Crippen LogP contribution in [0.5, 0.6) is 0 Å². The second-order valence-electron chi connectivity index (χ2n) is 7.56. The van der Waals surface area contributed by atoms with Gasteiger partial charge in [0, 0.05) is 31.2 Å². The smallest absolute Gasteiger partial charge is 0.279 e. The number of aromatic amines is 1. The molecule has 0 unspecified atom stereocenters. The lowest BCUT2D eigenvalue weighted by Crippen LogP contribution is -2.47. The van der Waals surface area contributed by atoms with E-state index < -0.39 is 10.2 Å². The average molecular weight is 389 g/mol. The second-order valence-corrected chi connectivity index (χ2v) is 9.27. The first-order valence-electron chi connectivity index (χ1n) is 9.51. The maximum Gasteiger partial charge on any atom is 0.279 e. The Labute approximate surface area is 157 Å². The van der Waals surface area contributed by atoms with Gasteiger partial charge in [-0.2, -0.15) is 17.4 Å². The summed E-state index contributed by atoms with van der Waals surface area (Å²) < 4.78 is 32.0. The molecule has 0 amide bonds. The van der Waals surface area contributed by atoms with E-state index in [9.17, 15) is 8.42 Å². The Morgan fingerprint density at radius 2 is 2.15 bits per heavy atom. The molecular formula is C17H23N7O2S. The van der Waals surface area contributed by atoms with E-state index in [-0.39, 0.29) is 17.9 Å². The molecule has 1 aliphatic carbocycles. The van der Waals surface area contributed by atoms with Gasteiger partial charge in [0.15, 0.2) is 11.3 Å². The zero-order valence-corrected chi connectivity index (χ0v) is 16.0. The van der Waals surface area contributed by atoms with E-state index in [0.29, 0.717) is 18.7 Å². The van der Waals surface area contributed by atoms with Crippen LogP contribution in [-0.2, 0) is 10.2 Å². The van der Waals surface area contributed by atoms with Gasteiger partial charge < -0.3 is 4.98 Å². The minimum atomic E-state index is -3.46. The van der Waals surface area contributed by atoms with Crippen molar-refractivity contribution >= 4 is 27.0 Å². The van der Waals surface area contributed by atoms with Crippen molar-refractivity contribution in [2.24, 2.45) is 5.92 Å². The molecule has 9 nitrogen and oxygen atoms in total. The third-order valence-corrected chi connectivity index (χ3v) is 7.60. The zero-order valence-electron chi connectivity index (χ0n) is 15.2. The van der Waals surface area contributed by atoms with Crippen LogP contribution in [0.3, 0.4) is 0 Å². The lowest BCUT2D eigenvalue weighted by Gasteiger charge is -2.28. The van der Waals surface area contributed by atoms with Crippen LogP contribution < -0.4 is 4.72 Å². The van der Waals surface area contributed by atoms with E-state index in [4.69, 9.17) is 0 Å². The molecule has 2 N–H and O–H groups in total. The molecule has 4 heterocycles. The number of hydrogen-bond donors (Lipinski definition) is 2. The zero-order chi connectivity index (χ0) is 18.6. The van der Waals surface area contributed by atoms with Crippen LogP contribution in [0.25, 0.3) is 16.8 Å². The van der Waals surface area contributed by atoms with Crippen molar-refractivity contribution in [3.8, 4) is 0 Å². The fraction of sp³-hybridized carbons (Fsp3) is 0.588. The predicted octanol–water partition coefficient (Wildman–Crippen LogP) is 1.42. The van der Waals surface area contributed by atoms with Gasteiger partial charge in [-0.25, -0.2) is 4.98 Å². The molecule has 27 heavy (non-hydrogen) atoms. The van der Waals surface area contributed by atoms with Crippen LogP contribution in [0.15, 0.2) is 18.5 Å². The maximum absolute atomic E-state index is 12.8. The van der Waals surface area contributed by atoms with Crippen LogP contribution in [0, 0.1) is 5.92 Å². The molecule has 1 saturated heterocycles. The number of rotatable bonds is 5. The number of hydrogen-bond acceptors (Lipinski definition) is 5. The van der Waals surface area contributed by atoms with Gasteiger partial charge in [-0.1, -0.05) is 19.8 Å². The monoisotopic (exact) mass is 389 g/mol. The summed E-state index contributed by atoms with van der Waals surface area (Å²) in [5, 5.41) is 8.70. The number of H-pyrrole nitrogens is 1. The lowest BCUT2D eigenvalue weighted by molar-refractivity contribution is 0.364. The van der Waals surface area contributed by atoms with Crippen molar-refractivity contribution in [2.45, 2.75) is 44.6 Å². The van der Waals surface area contributed by atoms with E-state index in [1.54, 1.807) is 10.5 Å². The Hall–Kier alpha value is -2.04. The van der Waals surface area contributed by atoms with E-state index in [1.165, 1.54) is 0 Å². The topological polar surface area (TPSA) is 108 Å². The Morgan fingerprint density at radius 1 is 1.30 bits per heavy atom. The second kappa shape index (κ2) is 6.25. The first-order valence-corrected chi connectivity index (χ1v) is 11.0. The molecule has 2 atom stereocenters. The largest absolute Gasteiger partial charge is 0.345 e. The molecule has 0 radical (unpaired) electrons. The summed E-state index contributed by atoms with van der Waals surface area (Å²) in [6.45, 7) is 3.04. The van der Waals surface area contributed by atoms with Crippen LogP contribution in [0.1, 0.15) is 44.3 Å². The summed E-state index contributed by atoms with van der Waals surface area (Å²) in [6.07, 6.45) is 7.38. The molecule has 0 aromatic carbocycles. The third-order valence-electron chi connectivity index (χ3n) is 5.99. The molecule has 3 aromatic rings. The fourth-order valence-electron chi connectivity index (χ4n) is 4.18. The molecule has 2 aliphatic rings. The van der Waals surface area contributed by atoms with E-state index in [2.05, 4.69) is 31.8 Å². The highest BCUT2D eigenvalue weighted by molar-refractivity contribution is 7.87. The van der Waals surface area contributed by atoms with E-state index in [0.717, 1.165) is 42.7 Å². The lowest BCUT2D eigenvalue weighted by atomic mass is 9.93. The van der Waals surface area contributed by atoms with Crippen molar-refractivity contribution in [3.05, 3.63) is 24.3 Å². The molecule has 144 valence electrons. The van der Waals surface area contributed by atoms with E-state index in [1.807, 2.05) is 16.7 Å². The van der Waals surface area contributed by atoms with Crippen molar-refractivity contribution in [2.75, 3.05) is 13.1 Å². The van der Waals surface area contributed by atoms with Crippen molar-refractivity contribution < 1.29 is 8.42 Å². The molecule has 0 spiro atoms. The molecule has 10 heteroatoms. The van der Waals surface area contributed by atoms with Gasteiger partial charge in [0.1, 0.15) is 5.82 Å². The molecule has 0 bridgehead atoms. The first-order chi connectivity index (χ1) is 13.1. The van der Waals surface area contributed by atoms with Gasteiger partial charge >= 0.3 is 0 Å². The SMILES string of the molecule is CC[C@H]1CN(S(=O)(=O)NC2CCC2)C[C@H]1c1nnc2cnc3[nH]ccc3n12. The summed E-state index contributed by atoms with van der Waals surface area (Å²) >= 11 is 0. The first kappa shape index (κ1) is 17.1. The highest BCUT2D eigenvalue weighted by Crippen LogP contribution is 2.36. The maximum atomic E-state index is 12.8. The predicted molar refractivity (Wildman–Crippen MR) is 100 cm³/mol. The Bertz CT molecular complexity index is 1090. The van der Waals surface area contributed by atoms with Crippen molar-refractivity contribution in [1.82, 2.24) is 33.6 Å². The normalized spacial score (nSPS) is 24.8. The van der Waals surface area contributed by atoms with Crippen LogP contribution in [0.2, 0.25) is 0 Å². The van der Waals surface area contributed by atoms with Gasteiger partial charge in [-0.05, 0) is 24.8 Å². The van der Waals surface area contributed by atoms with Gasteiger partial charge in [-0.3, -0.25) is 4.40 Å². The fourth-order valence-corrected chi connectivity index (χ4v) is 5.73. The van der Waals surface area contributed by atoms with Gasteiger partial charge in [-0.15, -0.1) is 10.2 Å². The van der Waals surface area contributed by atoms with Crippen LogP contribution >= 0.6 is 0 Å². The molecule has 1 aliphatic heterocycles. The quantitative estimate of drug-likeness (QED) is 0.686. The molecule has 3 aromatic heterocycles. The average Bonchev–Trinajstić information content (AvgIpc) is 3.33. The number of aromatic nitrogens is 5. The van der Waals surface area contributed by atoms with E-state index >= 15 is 0 Å². The van der Waals surface area contributed by atoms with Crippen LogP contribution in [-0.4, -0.2) is 56.4 Å². The highest BCUT2D eigenvalue weighted by atomic mass is 32.2. The third kappa shape index (κ3) is 2.74. The Kier molecular flexibility index (Phi) is 3.95. The minimum Gasteiger partial charge on any atom is -0.345 e. The summed E-state index contributed by atoms with van der Waals surface area (Å²) in [6, 6.07) is 2.04. The molecule has 2 fully saturated rings. The van der Waals surface area contributed by atoms with Gasteiger partial charge in [0.2, 0.25) is 0 Å². The summed E-state index contributed by atoms with van der Waals surface area (Å²) in [5.74, 6) is 1.02.